The molecule has 28 heavy (non-hydrogen) atoms. The summed E-state index contributed by atoms with van der Waals surface area (Å²) in [4.78, 5) is 24.0. The van der Waals surface area contributed by atoms with Gasteiger partial charge in [-0.25, -0.2) is 10.2 Å². The Morgan fingerprint density at radius 1 is 0.893 bits per heavy atom. The van der Waals surface area contributed by atoms with Crippen molar-refractivity contribution in [2.24, 2.45) is 5.10 Å². The van der Waals surface area contributed by atoms with Crippen LogP contribution in [0.2, 0.25) is 5.02 Å². The summed E-state index contributed by atoms with van der Waals surface area (Å²) in [5.74, 6) is -0.429. The molecule has 0 heterocycles. The van der Waals surface area contributed by atoms with E-state index in [1.807, 2.05) is 0 Å². The fraction of sp³-hybridized carbons (Fsp3) is 0. The molecular formula is C21H16ClN3O3. The maximum absolute atomic E-state index is 12.1. The minimum atomic E-state index is -0.478. The van der Waals surface area contributed by atoms with Crippen LogP contribution in [0.25, 0.3) is 0 Å². The zero-order valence-corrected chi connectivity index (χ0v) is 15.4. The van der Waals surface area contributed by atoms with Crippen LogP contribution < -0.4 is 15.9 Å². The van der Waals surface area contributed by atoms with Crippen LogP contribution in [0.4, 0.5) is 5.69 Å². The second kappa shape index (κ2) is 8.83. The van der Waals surface area contributed by atoms with Gasteiger partial charge in [-0.2, -0.15) is 5.10 Å². The number of esters is 1. The van der Waals surface area contributed by atoms with Crippen LogP contribution in [-0.2, 0) is 0 Å². The molecule has 0 atom stereocenters. The average Bonchev–Trinajstić information content (AvgIpc) is 2.70. The molecular weight excluding hydrogens is 378 g/mol. The number of benzene rings is 3. The summed E-state index contributed by atoms with van der Waals surface area (Å²) in [5, 5.41) is 4.46. The van der Waals surface area contributed by atoms with E-state index in [9.17, 15) is 9.59 Å². The first-order valence-electron chi connectivity index (χ1n) is 8.28. The molecule has 6 nitrogen and oxygen atoms in total. The van der Waals surface area contributed by atoms with Gasteiger partial charge in [-0.15, -0.1) is 0 Å². The number of nitrogens with one attached hydrogen (secondary N) is 1. The molecule has 0 aliphatic heterocycles. The highest BCUT2D eigenvalue weighted by Gasteiger charge is 2.08. The maximum Gasteiger partial charge on any atom is 0.343 e. The Bertz CT molecular complexity index is 999. The highest BCUT2D eigenvalue weighted by Crippen LogP contribution is 2.15. The molecule has 7 heteroatoms. The van der Waals surface area contributed by atoms with E-state index in [1.54, 1.807) is 72.8 Å². The van der Waals surface area contributed by atoms with Crippen LogP contribution in [0.1, 0.15) is 26.3 Å². The van der Waals surface area contributed by atoms with Crippen molar-refractivity contribution in [3.8, 4) is 5.75 Å². The van der Waals surface area contributed by atoms with Gasteiger partial charge in [-0.3, -0.25) is 4.79 Å². The predicted molar refractivity (Wildman–Crippen MR) is 109 cm³/mol. The number of ether oxygens (including phenoxy) is 1. The van der Waals surface area contributed by atoms with E-state index >= 15 is 0 Å². The molecule has 3 rings (SSSR count). The van der Waals surface area contributed by atoms with Crippen molar-refractivity contribution < 1.29 is 14.3 Å². The molecule has 0 radical (unpaired) electrons. The first-order valence-corrected chi connectivity index (χ1v) is 8.66. The second-order valence-corrected chi connectivity index (χ2v) is 6.22. The summed E-state index contributed by atoms with van der Waals surface area (Å²) in [6.07, 6.45) is 1.49. The summed E-state index contributed by atoms with van der Waals surface area (Å²) >= 11 is 5.80. The van der Waals surface area contributed by atoms with Gasteiger partial charge in [0, 0.05) is 16.3 Å². The van der Waals surface area contributed by atoms with Gasteiger partial charge >= 0.3 is 5.97 Å². The average molecular weight is 394 g/mol. The third kappa shape index (κ3) is 5.18. The number of carbonyl (C=O) groups excluding carboxylic acids is 2. The quantitative estimate of drug-likeness (QED) is 0.226. The van der Waals surface area contributed by atoms with E-state index in [0.29, 0.717) is 27.6 Å². The highest BCUT2D eigenvalue weighted by molar-refractivity contribution is 6.30. The number of hydrogen-bond acceptors (Lipinski definition) is 5. The van der Waals surface area contributed by atoms with E-state index in [2.05, 4.69) is 10.5 Å². The minimum absolute atomic E-state index is 0.343. The summed E-state index contributed by atoms with van der Waals surface area (Å²) in [6.45, 7) is 0. The van der Waals surface area contributed by atoms with Gasteiger partial charge in [0.2, 0.25) is 0 Å². The number of rotatable bonds is 5. The maximum atomic E-state index is 12.1. The summed E-state index contributed by atoms with van der Waals surface area (Å²) in [6, 6.07) is 19.6. The Balaban J connectivity index is 1.55. The molecule has 3 aromatic carbocycles. The van der Waals surface area contributed by atoms with E-state index in [-0.39, 0.29) is 5.91 Å². The number of hydrazone groups is 1. The van der Waals surface area contributed by atoms with E-state index in [0.717, 1.165) is 5.56 Å². The number of halogens is 1. The number of carbonyl (C=O) groups is 2. The lowest BCUT2D eigenvalue weighted by molar-refractivity contribution is 0.0734. The molecule has 0 bridgehead atoms. The Morgan fingerprint density at radius 2 is 1.50 bits per heavy atom. The van der Waals surface area contributed by atoms with Crippen LogP contribution in [-0.4, -0.2) is 18.1 Å². The van der Waals surface area contributed by atoms with Crippen LogP contribution in [0.15, 0.2) is 77.9 Å². The van der Waals surface area contributed by atoms with Gasteiger partial charge in [0.1, 0.15) is 5.75 Å². The fourth-order valence-electron chi connectivity index (χ4n) is 2.24. The molecule has 0 aromatic heterocycles. The topological polar surface area (TPSA) is 93.8 Å². The lowest BCUT2D eigenvalue weighted by Gasteiger charge is -2.05. The van der Waals surface area contributed by atoms with Crippen LogP contribution in [0.3, 0.4) is 0 Å². The molecule has 0 saturated heterocycles. The SMILES string of the molecule is Nc1ccc(C(=O)NN=Cc2ccc(OC(=O)c3ccc(Cl)cc3)cc2)cc1. The Morgan fingerprint density at radius 3 is 2.14 bits per heavy atom. The van der Waals surface area contributed by atoms with Gasteiger partial charge in [0.05, 0.1) is 11.8 Å². The summed E-state index contributed by atoms with van der Waals surface area (Å²) in [7, 11) is 0. The molecule has 1 amide bonds. The van der Waals surface area contributed by atoms with Gasteiger partial charge in [0.15, 0.2) is 0 Å². The molecule has 0 aliphatic rings. The smallest absolute Gasteiger partial charge is 0.343 e. The van der Waals surface area contributed by atoms with Crippen molar-refractivity contribution in [1.82, 2.24) is 5.43 Å². The predicted octanol–water partition coefficient (Wildman–Crippen LogP) is 3.91. The first kappa shape index (κ1) is 19.1. The number of nitrogen functional groups attached to an aromatic ring is 1. The van der Waals surface area contributed by atoms with Gasteiger partial charge in [-0.1, -0.05) is 11.6 Å². The largest absolute Gasteiger partial charge is 0.423 e. The van der Waals surface area contributed by atoms with Gasteiger partial charge in [0.25, 0.3) is 5.91 Å². The molecule has 0 aliphatic carbocycles. The molecule has 0 saturated carbocycles. The normalized spacial score (nSPS) is 10.6. The van der Waals surface area contributed by atoms with E-state index < -0.39 is 5.97 Å². The highest BCUT2D eigenvalue weighted by atomic mass is 35.5. The first-order chi connectivity index (χ1) is 13.5. The monoisotopic (exact) mass is 393 g/mol. The van der Waals surface area contributed by atoms with Gasteiger partial charge < -0.3 is 10.5 Å². The number of nitrogens with two attached hydrogens (primary N) is 1. The van der Waals surface area contributed by atoms with E-state index in [4.69, 9.17) is 22.1 Å². The molecule has 0 fully saturated rings. The summed E-state index contributed by atoms with van der Waals surface area (Å²) in [5.41, 5.74) is 10.2. The number of amides is 1. The molecule has 0 unspecified atom stereocenters. The lowest BCUT2D eigenvalue weighted by Crippen LogP contribution is -2.17. The number of hydrogen-bond donors (Lipinski definition) is 2. The van der Waals surface area contributed by atoms with Crippen molar-refractivity contribution in [3.05, 3.63) is 94.5 Å². The second-order valence-electron chi connectivity index (χ2n) is 5.79. The zero-order chi connectivity index (χ0) is 19.9. The number of anilines is 1. The van der Waals surface area contributed by atoms with Crippen molar-refractivity contribution in [1.29, 1.82) is 0 Å². The fourth-order valence-corrected chi connectivity index (χ4v) is 2.36. The Kier molecular flexibility index (Phi) is 6.04. The van der Waals surface area contributed by atoms with Crippen molar-refractivity contribution in [2.45, 2.75) is 0 Å². The van der Waals surface area contributed by atoms with Gasteiger partial charge in [-0.05, 0) is 78.4 Å². The van der Waals surface area contributed by atoms with Crippen LogP contribution in [0, 0.1) is 0 Å². The molecule has 3 N–H and O–H groups in total. The van der Waals surface area contributed by atoms with Crippen LogP contribution >= 0.6 is 11.6 Å². The molecule has 140 valence electrons. The zero-order valence-electron chi connectivity index (χ0n) is 14.6. The Labute approximate surface area is 166 Å². The Hall–Kier alpha value is -3.64. The van der Waals surface area contributed by atoms with Crippen LogP contribution in [0.5, 0.6) is 5.75 Å². The number of nitrogens with zero attached hydrogens (tertiary/aromatic N) is 1. The third-order valence-electron chi connectivity index (χ3n) is 3.72. The molecule has 0 spiro atoms. The summed E-state index contributed by atoms with van der Waals surface area (Å²) < 4.78 is 5.30. The van der Waals surface area contributed by atoms with Crippen molar-refractivity contribution in [2.75, 3.05) is 5.73 Å². The van der Waals surface area contributed by atoms with Crippen molar-refractivity contribution in [3.63, 3.8) is 0 Å². The van der Waals surface area contributed by atoms with Crippen molar-refractivity contribution >= 4 is 35.4 Å². The minimum Gasteiger partial charge on any atom is -0.423 e. The van der Waals surface area contributed by atoms with E-state index in [1.165, 1.54) is 6.21 Å². The standard InChI is InChI=1S/C21H16ClN3O3/c22-17-7-3-16(4-8-17)21(27)28-19-11-1-14(2-12-19)13-24-25-20(26)15-5-9-18(23)10-6-15/h1-13H,23H2,(H,25,26). The lowest BCUT2D eigenvalue weighted by atomic mass is 10.2. The third-order valence-corrected chi connectivity index (χ3v) is 3.98. The molecule has 3 aromatic rings.